The Kier molecular flexibility index (Phi) is 4.94. The predicted molar refractivity (Wildman–Crippen MR) is 70.4 cm³/mol. The van der Waals surface area contributed by atoms with Crippen LogP contribution in [0.25, 0.3) is 0 Å². The second kappa shape index (κ2) is 6.23. The smallest absolute Gasteiger partial charge is 0.270 e. The molecule has 0 atom stereocenters. The highest BCUT2D eigenvalue weighted by Gasteiger charge is 2.09. The van der Waals surface area contributed by atoms with E-state index in [1.165, 1.54) is 0 Å². The van der Waals surface area contributed by atoms with Crippen LogP contribution in [0.1, 0.15) is 38.2 Å². The molecule has 4 heteroatoms. The molecule has 0 aliphatic heterocycles. The van der Waals surface area contributed by atoms with Crippen molar-refractivity contribution in [2.45, 2.75) is 33.7 Å². The monoisotopic (exact) mass is 235 g/mol. The van der Waals surface area contributed by atoms with Crippen LogP contribution in [0.2, 0.25) is 0 Å². The Labute approximate surface area is 103 Å². The van der Waals surface area contributed by atoms with Crippen LogP contribution in [0.3, 0.4) is 0 Å². The van der Waals surface area contributed by atoms with Gasteiger partial charge in [-0.2, -0.15) is 0 Å². The number of nitrogens with one attached hydrogen (secondary N) is 1. The van der Waals surface area contributed by atoms with Gasteiger partial charge in [-0.05, 0) is 39.8 Å². The molecule has 1 rings (SSSR count). The Morgan fingerprint density at radius 1 is 1.35 bits per heavy atom. The number of nitrogens with zero attached hydrogens (tertiary/aromatic N) is 2. The third kappa shape index (κ3) is 3.73. The van der Waals surface area contributed by atoms with Crippen LogP contribution in [0.5, 0.6) is 0 Å². The maximum absolute atomic E-state index is 11.7. The number of hydrogen-bond donors (Lipinski definition) is 1. The summed E-state index contributed by atoms with van der Waals surface area (Å²) in [7, 11) is 0. The molecule has 4 nitrogen and oxygen atoms in total. The van der Waals surface area contributed by atoms with E-state index in [0.29, 0.717) is 5.69 Å². The molecule has 0 fully saturated rings. The van der Waals surface area contributed by atoms with Gasteiger partial charge in [0.2, 0.25) is 0 Å². The molecule has 0 spiro atoms. The lowest BCUT2D eigenvalue weighted by Crippen LogP contribution is -2.30. The molecule has 0 bridgehead atoms. The van der Waals surface area contributed by atoms with Crippen LogP contribution in [0.4, 0.5) is 5.69 Å². The van der Waals surface area contributed by atoms with Crippen LogP contribution in [0, 0.1) is 0 Å². The van der Waals surface area contributed by atoms with Gasteiger partial charge in [-0.1, -0.05) is 0 Å². The fourth-order valence-electron chi connectivity index (χ4n) is 1.63. The van der Waals surface area contributed by atoms with Gasteiger partial charge in [0, 0.05) is 19.1 Å². The van der Waals surface area contributed by atoms with Crippen molar-refractivity contribution in [3.8, 4) is 0 Å². The van der Waals surface area contributed by atoms with E-state index in [4.69, 9.17) is 0 Å². The zero-order valence-corrected chi connectivity index (χ0v) is 11.0. The van der Waals surface area contributed by atoms with Crippen molar-refractivity contribution in [1.29, 1.82) is 0 Å². The second-order valence-electron chi connectivity index (χ2n) is 4.20. The number of aromatic nitrogens is 1. The largest absolute Gasteiger partial charge is 0.371 e. The van der Waals surface area contributed by atoms with Gasteiger partial charge >= 0.3 is 0 Å². The molecule has 1 amide bonds. The molecule has 0 aliphatic carbocycles. The highest BCUT2D eigenvalue weighted by Crippen LogP contribution is 2.12. The van der Waals surface area contributed by atoms with Gasteiger partial charge in [0.25, 0.3) is 5.91 Å². The number of rotatable bonds is 5. The minimum atomic E-state index is -0.119. The molecule has 0 aliphatic rings. The number of hydrogen-bond acceptors (Lipinski definition) is 3. The summed E-state index contributed by atoms with van der Waals surface area (Å²) in [5, 5.41) is 2.82. The predicted octanol–water partition coefficient (Wildman–Crippen LogP) is 2.07. The molecule has 1 aromatic rings. The Morgan fingerprint density at radius 3 is 2.41 bits per heavy atom. The SMILES string of the molecule is CCN(CC)c1ccc(C(=O)NC(C)C)nc1. The maximum atomic E-state index is 11.7. The van der Waals surface area contributed by atoms with Crippen LogP contribution < -0.4 is 10.2 Å². The van der Waals surface area contributed by atoms with Crippen molar-refractivity contribution in [1.82, 2.24) is 10.3 Å². The highest BCUT2D eigenvalue weighted by molar-refractivity contribution is 5.92. The van der Waals surface area contributed by atoms with Crippen LogP contribution in [-0.4, -0.2) is 30.0 Å². The van der Waals surface area contributed by atoms with Crippen molar-refractivity contribution >= 4 is 11.6 Å². The van der Waals surface area contributed by atoms with Crippen molar-refractivity contribution in [3.63, 3.8) is 0 Å². The Balaban J connectivity index is 2.77. The van der Waals surface area contributed by atoms with E-state index in [1.54, 1.807) is 12.3 Å². The fourth-order valence-corrected chi connectivity index (χ4v) is 1.63. The molecule has 0 aromatic carbocycles. The van der Waals surface area contributed by atoms with Gasteiger partial charge in [-0.15, -0.1) is 0 Å². The van der Waals surface area contributed by atoms with Gasteiger partial charge in [0.15, 0.2) is 0 Å². The molecule has 17 heavy (non-hydrogen) atoms. The molecule has 1 heterocycles. The van der Waals surface area contributed by atoms with Crippen molar-refractivity contribution in [3.05, 3.63) is 24.0 Å². The van der Waals surface area contributed by atoms with Crippen LogP contribution in [-0.2, 0) is 0 Å². The number of carbonyl (C=O) groups is 1. The van der Waals surface area contributed by atoms with Crippen LogP contribution in [0.15, 0.2) is 18.3 Å². The van der Waals surface area contributed by atoms with Gasteiger partial charge in [0.1, 0.15) is 5.69 Å². The van der Waals surface area contributed by atoms with E-state index in [-0.39, 0.29) is 11.9 Å². The molecular weight excluding hydrogens is 214 g/mol. The highest BCUT2D eigenvalue weighted by atomic mass is 16.1. The molecule has 0 radical (unpaired) electrons. The van der Waals surface area contributed by atoms with E-state index in [1.807, 2.05) is 19.9 Å². The summed E-state index contributed by atoms with van der Waals surface area (Å²) in [5.41, 5.74) is 1.52. The average molecular weight is 235 g/mol. The normalized spacial score (nSPS) is 10.4. The Morgan fingerprint density at radius 2 is 2.00 bits per heavy atom. The van der Waals surface area contributed by atoms with E-state index < -0.39 is 0 Å². The molecule has 94 valence electrons. The fraction of sp³-hybridized carbons (Fsp3) is 0.538. The summed E-state index contributed by atoms with van der Waals surface area (Å²) >= 11 is 0. The number of amides is 1. The van der Waals surface area contributed by atoms with E-state index in [2.05, 4.69) is 29.0 Å². The molecule has 0 saturated carbocycles. The minimum Gasteiger partial charge on any atom is -0.371 e. The molecular formula is C13H21N3O. The molecule has 1 aromatic heterocycles. The second-order valence-corrected chi connectivity index (χ2v) is 4.20. The van der Waals surface area contributed by atoms with E-state index >= 15 is 0 Å². The van der Waals surface area contributed by atoms with Gasteiger partial charge in [-0.3, -0.25) is 4.79 Å². The first kappa shape index (κ1) is 13.5. The summed E-state index contributed by atoms with van der Waals surface area (Å²) < 4.78 is 0. The summed E-state index contributed by atoms with van der Waals surface area (Å²) in [6, 6.07) is 3.84. The number of pyridine rings is 1. The third-order valence-corrected chi connectivity index (χ3v) is 2.53. The quantitative estimate of drug-likeness (QED) is 0.849. The summed E-state index contributed by atoms with van der Waals surface area (Å²) in [6.45, 7) is 9.95. The maximum Gasteiger partial charge on any atom is 0.270 e. The van der Waals surface area contributed by atoms with E-state index in [0.717, 1.165) is 18.8 Å². The van der Waals surface area contributed by atoms with E-state index in [9.17, 15) is 4.79 Å². The molecule has 0 unspecified atom stereocenters. The first-order valence-electron chi connectivity index (χ1n) is 6.10. The minimum absolute atomic E-state index is 0.119. The molecule has 1 N–H and O–H groups in total. The average Bonchev–Trinajstić information content (AvgIpc) is 2.30. The lowest BCUT2D eigenvalue weighted by Gasteiger charge is -2.20. The number of anilines is 1. The standard InChI is InChI=1S/C13H21N3O/c1-5-16(6-2)11-7-8-12(14-9-11)13(17)15-10(3)4/h7-10H,5-6H2,1-4H3,(H,15,17). The molecule has 0 saturated heterocycles. The Hall–Kier alpha value is -1.58. The summed E-state index contributed by atoms with van der Waals surface area (Å²) in [4.78, 5) is 18.1. The third-order valence-electron chi connectivity index (χ3n) is 2.53. The summed E-state index contributed by atoms with van der Waals surface area (Å²) in [6.07, 6.45) is 1.75. The van der Waals surface area contributed by atoms with Gasteiger partial charge in [0.05, 0.1) is 11.9 Å². The van der Waals surface area contributed by atoms with Crippen LogP contribution >= 0.6 is 0 Å². The zero-order valence-electron chi connectivity index (χ0n) is 11.0. The van der Waals surface area contributed by atoms with Crippen molar-refractivity contribution in [2.24, 2.45) is 0 Å². The lowest BCUT2D eigenvalue weighted by atomic mass is 10.2. The number of carbonyl (C=O) groups excluding carboxylic acids is 1. The van der Waals surface area contributed by atoms with Crippen molar-refractivity contribution in [2.75, 3.05) is 18.0 Å². The first-order valence-corrected chi connectivity index (χ1v) is 6.10. The lowest BCUT2D eigenvalue weighted by molar-refractivity contribution is 0.0938. The van der Waals surface area contributed by atoms with Gasteiger partial charge < -0.3 is 10.2 Å². The van der Waals surface area contributed by atoms with Crippen molar-refractivity contribution < 1.29 is 4.79 Å². The summed E-state index contributed by atoms with van der Waals surface area (Å²) in [5.74, 6) is -0.119. The van der Waals surface area contributed by atoms with Gasteiger partial charge in [-0.25, -0.2) is 4.98 Å². The Bertz CT molecular complexity index is 355. The topological polar surface area (TPSA) is 45.2 Å². The first-order chi connectivity index (χ1) is 8.08. The zero-order chi connectivity index (χ0) is 12.8.